The molecule has 2 aliphatic rings. The summed E-state index contributed by atoms with van der Waals surface area (Å²) in [5.74, 6) is 1.31. The van der Waals surface area contributed by atoms with Crippen LogP contribution in [-0.2, 0) is 11.3 Å². The van der Waals surface area contributed by atoms with Gasteiger partial charge < -0.3 is 20.7 Å². The Balaban J connectivity index is 1.16. The van der Waals surface area contributed by atoms with Gasteiger partial charge in [-0.2, -0.15) is 0 Å². The third kappa shape index (κ3) is 6.26. The quantitative estimate of drug-likeness (QED) is 0.187. The number of hydrogen-bond donors (Lipinski definition) is 3. The fourth-order valence-electron chi connectivity index (χ4n) is 6.15. The third-order valence-electron chi connectivity index (χ3n) is 8.65. The van der Waals surface area contributed by atoms with Crippen LogP contribution in [0.15, 0.2) is 82.8 Å². The Hall–Kier alpha value is -4.77. The number of carbonyl (C=O) groups is 1. The van der Waals surface area contributed by atoms with E-state index in [-0.39, 0.29) is 17.5 Å². The fraction of sp³-hybridized carbons (Fsp3) is 0.250. The van der Waals surface area contributed by atoms with Crippen molar-refractivity contribution in [3.63, 3.8) is 0 Å². The van der Waals surface area contributed by atoms with Crippen molar-refractivity contribution in [3.8, 4) is 39.4 Å². The molecule has 3 N–H and O–H groups in total. The van der Waals surface area contributed by atoms with Gasteiger partial charge in [-0.05, 0) is 42.7 Å². The van der Waals surface area contributed by atoms with E-state index in [1.807, 2.05) is 60.7 Å². The number of rotatable bonds is 9. The zero-order valence-corrected chi connectivity index (χ0v) is 27.7. The van der Waals surface area contributed by atoms with Crippen molar-refractivity contribution in [2.24, 2.45) is 4.99 Å². The topological polar surface area (TPSA) is 122 Å². The van der Waals surface area contributed by atoms with Gasteiger partial charge in [-0.25, -0.2) is 9.97 Å². The second-order valence-electron chi connectivity index (χ2n) is 11.8. The maximum Gasteiger partial charge on any atom is 0.262 e. The molecular formula is C36H33Cl2N7O3. The second kappa shape index (κ2) is 13.8. The van der Waals surface area contributed by atoms with Gasteiger partial charge >= 0.3 is 0 Å². The van der Waals surface area contributed by atoms with E-state index < -0.39 is 0 Å². The van der Waals surface area contributed by atoms with E-state index in [2.05, 4.69) is 25.9 Å². The summed E-state index contributed by atoms with van der Waals surface area (Å²) in [6.07, 6.45) is 5.64. The standard InChI is InChI=1S/C36H33Cl2N7O3/c1-48-35-28(34-40-14-4-15-41-34)10-11-29(44-35)27-8-3-7-26(33(27)38)25-6-2-5-24(32(25)37)21-13-16-45-30(17-21)42-19-22(36(45)47)18-39-20-23-9-12-31(46)43-23/h2-3,5-8,10-11,13,16-17,19,23,39H,4,9,12,14-15,18,20H2,1H3,(H,40,41)(H,43,46)/t23-/m0/s1. The first-order chi connectivity index (χ1) is 23.4. The van der Waals surface area contributed by atoms with Crippen molar-refractivity contribution in [2.75, 3.05) is 26.7 Å². The van der Waals surface area contributed by atoms with Gasteiger partial charge in [0.2, 0.25) is 11.8 Å². The zero-order chi connectivity index (χ0) is 33.2. The molecule has 0 bridgehead atoms. The lowest BCUT2D eigenvalue weighted by Crippen LogP contribution is -2.36. The highest BCUT2D eigenvalue weighted by Gasteiger charge is 2.21. The molecule has 0 aliphatic carbocycles. The average molecular weight is 683 g/mol. The molecule has 3 aromatic heterocycles. The number of aromatic nitrogens is 3. The van der Waals surface area contributed by atoms with Crippen LogP contribution in [0.25, 0.3) is 39.2 Å². The number of halogens is 2. The maximum absolute atomic E-state index is 13.2. The van der Waals surface area contributed by atoms with E-state index in [0.717, 1.165) is 65.1 Å². The summed E-state index contributed by atoms with van der Waals surface area (Å²) < 4.78 is 7.17. The maximum atomic E-state index is 13.2. The van der Waals surface area contributed by atoms with E-state index >= 15 is 0 Å². The molecule has 1 atom stereocenters. The Labute approximate surface area is 287 Å². The highest BCUT2D eigenvalue weighted by Crippen LogP contribution is 2.42. The largest absolute Gasteiger partial charge is 0.480 e. The lowest BCUT2D eigenvalue weighted by molar-refractivity contribution is -0.119. The minimum absolute atomic E-state index is 0.0651. The summed E-state index contributed by atoms with van der Waals surface area (Å²) in [7, 11) is 1.60. The summed E-state index contributed by atoms with van der Waals surface area (Å²) in [5, 5.41) is 10.5. The summed E-state index contributed by atoms with van der Waals surface area (Å²) in [5.41, 5.74) is 6.21. The molecule has 48 heavy (non-hydrogen) atoms. The number of amidine groups is 1. The predicted octanol–water partition coefficient (Wildman–Crippen LogP) is 5.51. The van der Waals surface area contributed by atoms with Crippen molar-refractivity contribution < 1.29 is 9.53 Å². The Morgan fingerprint density at radius 1 is 0.979 bits per heavy atom. The molecule has 1 fully saturated rings. The Bertz CT molecular complexity index is 2130. The summed E-state index contributed by atoms with van der Waals surface area (Å²) >= 11 is 14.2. The van der Waals surface area contributed by atoms with Gasteiger partial charge in [-0.3, -0.25) is 19.0 Å². The zero-order valence-electron chi connectivity index (χ0n) is 26.2. The lowest BCUT2D eigenvalue weighted by atomic mass is 9.97. The van der Waals surface area contributed by atoms with Crippen molar-refractivity contribution in [3.05, 3.63) is 105 Å². The molecule has 0 radical (unpaired) electrons. The van der Waals surface area contributed by atoms with Gasteiger partial charge in [0.25, 0.3) is 5.56 Å². The van der Waals surface area contributed by atoms with E-state index in [4.69, 9.17) is 32.9 Å². The van der Waals surface area contributed by atoms with Gasteiger partial charge in [0.15, 0.2) is 0 Å². The summed E-state index contributed by atoms with van der Waals surface area (Å²) in [6.45, 7) is 2.57. The number of fused-ring (bicyclic) bond motifs is 1. The van der Waals surface area contributed by atoms with E-state index in [1.165, 1.54) is 4.40 Å². The van der Waals surface area contributed by atoms with Crippen LogP contribution in [0.3, 0.4) is 0 Å². The van der Waals surface area contributed by atoms with Gasteiger partial charge in [0.05, 0.1) is 28.4 Å². The molecule has 1 saturated heterocycles. The second-order valence-corrected chi connectivity index (χ2v) is 12.5. The van der Waals surface area contributed by atoms with Crippen LogP contribution in [0.2, 0.25) is 10.0 Å². The normalized spacial score (nSPS) is 16.0. The number of methoxy groups -OCH3 is 1. The molecule has 2 aromatic carbocycles. The number of ether oxygens (including phenoxy) is 1. The number of benzene rings is 2. The van der Waals surface area contributed by atoms with Gasteiger partial charge in [0.1, 0.15) is 11.5 Å². The lowest BCUT2D eigenvalue weighted by Gasteiger charge is -2.17. The highest BCUT2D eigenvalue weighted by molar-refractivity contribution is 6.39. The number of pyridine rings is 2. The Kier molecular flexibility index (Phi) is 9.12. The molecule has 0 saturated carbocycles. The molecule has 1 amide bonds. The predicted molar refractivity (Wildman–Crippen MR) is 189 cm³/mol. The number of carbonyl (C=O) groups excluding carboxylic acids is 1. The van der Waals surface area contributed by atoms with Crippen LogP contribution in [0.1, 0.15) is 30.4 Å². The van der Waals surface area contributed by atoms with Crippen LogP contribution in [0, 0.1) is 0 Å². The number of hydrogen-bond acceptors (Lipinski definition) is 8. The third-order valence-corrected chi connectivity index (χ3v) is 9.47. The van der Waals surface area contributed by atoms with Crippen LogP contribution >= 0.6 is 23.2 Å². The monoisotopic (exact) mass is 681 g/mol. The van der Waals surface area contributed by atoms with E-state index in [1.54, 1.807) is 19.5 Å². The smallest absolute Gasteiger partial charge is 0.262 e. The number of amides is 1. The molecule has 244 valence electrons. The Morgan fingerprint density at radius 3 is 2.48 bits per heavy atom. The van der Waals surface area contributed by atoms with E-state index in [9.17, 15) is 9.59 Å². The molecule has 7 rings (SSSR count). The minimum Gasteiger partial charge on any atom is -0.480 e. The number of nitrogens with one attached hydrogen (secondary N) is 3. The first kappa shape index (κ1) is 31.8. The van der Waals surface area contributed by atoms with Crippen molar-refractivity contribution in [2.45, 2.75) is 31.8 Å². The molecule has 5 heterocycles. The van der Waals surface area contributed by atoms with Gasteiger partial charge in [0, 0.05) is 78.9 Å². The van der Waals surface area contributed by atoms with Crippen LogP contribution in [-0.4, -0.2) is 58.9 Å². The molecule has 2 aliphatic heterocycles. The van der Waals surface area contributed by atoms with Crippen LogP contribution in [0.4, 0.5) is 0 Å². The minimum atomic E-state index is -0.154. The van der Waals surface area contributed by atoms with Gasteiger partial charge in [-0.15, -0.1) is 0 Å². The molecule has 0 unspecified atom stereocenters. The van der Waals surface area contributed by atoms with Crippen molar-refractivity contribution in [1.82, 2.24) is 30.3 Å². The number of nitrogens with zero attached hydrogens (tertiary/aromatic N) is 4. The van der Waals surface area contributed by atoms with Crippen LogP contribution < -0.4 is 26.2 Å². The molecular weight excluding hydrogens is 649 g/mol. The molecule has 12 heteroatoms. The molecule has 5 aromatic rings. The van der Waals surface area contributed by atoms with Gasteiger partial charge in [-0.1, -0.05) is 59.6 Å². The highest BCUT2D eigenvalue weighted by atomic mass is 35.5. The van der Waals surface area contributed by atoms with Crippen molar-refractivity contribution in [1.29, 1.82) is 0 Å². The Morgan fingerprint density at radius 2 is 1.75 bits per heavy atom. The first-order valence-electron chi connectivity index (χ1n) is 15.8. The average Bonchev–Trinajstić information content (AvgIpc) is 3.54. The van der Waals surface area contributed by atoms with Crippen LogP contribution in [0.5, 0.6) is 5.88 Å². The fourth-order valence-corrected chi connectivity index (χ4v) is 6.81. The first-order valence-corrected chi connectivity index (χ1v) is 16.6. The molecule has 0 spiro atoms. The van der Waals surface area contributed by atoms with Crippen molar-refractivity contribution >= 4 is 40.6 Å². The summed E-state index contributed by atoms with van der Waals surface area (Å²) in [6, 6.07) is 19.2. The summed E-state index contributed by atoms with van der Waals surface area (Å²) in [4.78, 5) is 38.6. The number of aliphatic imine (C=N–C) groups is 1. The SMILES string of the molecule is COc1nc(-c2cccc(-c3cccc(-c4ccn5c(=O)c(CNC[C@@H]6CCC(=O)N6)cnc5c4)c3Cl)c2Cl)ccc1C1=NCCCN1. The molecule has 10 nitrogen and oxygen atoms in total. The van der Waals surface area contributed by atoms with E-state index in [0.29, 0.717) is 52.3 Å².